The minimum absolute atomic E-state index is 0.0322. The summed E-state index contributed by atoms with van der Waals surface area (Å²) < 4.78 is 12.7. The summed E-state index contributed by atoms with van der Waals surface area (Å²) in [5.74, 6) is -0.0110. The Balaban J connectivity index is 2.01. The number of anilines is 1. The minimum atomic E-state index is -0.556. The second-order valence-electron chi connectivity index (χ2n) is 6.07. The number of halogens is 2. The number of rotatable bonds is 6. The molecule has 2 aromatic carbocycles. The van der Waals surface area contributed by atoms with Gasteiger partial charge in [0.1, 0.15) is 12.2 Å². The summed E-state index contributed by atoms with van der Waals surface area (Å²) in [5, 5.41) is 2.61. The van der Waals surface area contributed by atoms with Gasteiger partial charge in [0.25, 0.3) is 11.8 Å². The molecule has 1 fully saturated rings. The molecule has 30 heavy (non-hydrogen) atoms. The fourth-order valence-electron chi connectivity index (χ4n) is 2.75. The number of nitrogens with zero attached hydrogens (tertiary/aromatic N) is 1. The predicted molar refractivity (Wildman–Crippen MR) is 132 cm³/mol. The normalized spacial score (nSPS) is 15.2. The molecule has 2 aromatic rings. The van der Waals surface area contributed by atoms with E-state index in [2.05, 4.69) is 50.4 Å². The van der Waals surface area contributed by atoms with E-state index in [1.165, 1.54) is 18.1 Å². The van der Waals surface area contributed by atoms with Gasteiger partial charge in [0.2, 0.25) is 0 Å². The number of amides is 2. The molecule has 0 bridgehead atoms. The molecule has 1 aliphatic heterocycles. The molecule has 1 heterocycles. The zero-order valence-corrected chi connectivity index (χ0v) is 20.3. The van der Waals surface area contributed by atoms with E-state index in [1.807, 2.05) is 0 Å². The van der Waals surface area contributed by atoms with E-state index in [-0.39, 0.29) is 10.7 Å². The number of hydrogen-bond acceptors (Lipinski definition) is 5. The van der Waals surface area contributed by atoms with Crippen LogP contribution in [0.2, 0.25) is 0 Å². The number of carbonyl (C=O) groups excluding carboxylic acids is 2. The maximum absolute atomic E-state index is 13.1. The molecule has 0 unspecified atom stereocenters. The van der Waals surface area contributed by atoms with Gasteiger partial charge in [0.05, 0.1) is 16.4 Å². The molecule has 2 amide bonds. The first-order valence-corrected chi connectivity index (χ1v) is 10.9. The number of nitrogens with one attached hydrogen (secondary N) is 1. The maximum atomic E-state index is 13.1. The molecule has 0 atom stereocenters. The topological polar surface area (TPSA) is 67.9 Å². The highest BCUT2D eigenvalue weighted by Crippen LogP contribution is 2.35. The first-order chi connectivity index (χ1) is 14.3. The summed E-state index contributed by atoms with van der Waals surface area (Å²) in [4.78, 5) is 26.9. The van der Waals surface area contributed by atoms with Crippen LogP contribution in [0.1, 0.15) is 5.56 Å². The Kier molecular flexibility index (Phi) is 7.27. The van der Waals surface area contributed by atoms with Gasteiger partial charge < -0.3 is 9.47 Å². The van der Waals surface area contributed by atoms with Gasteiger partial charge in [0.15, 0.2) is 16.6 Å². The first kappa shape index (κ1) is 22.4. The lowest BCUT2D eigenvalue weighted by atomic mass is 10.1. The van der Waals surface area contributed by atoms with Crippen molar-refractivity contribution in [3.05, 3.63) is 68.2 Å². The number of thiocarbonyl (C=S) groups is 1. The van der Waals surface area contributed by atoms with Crippen LogP contribution in [0.15, 0.2) is 59.1 Å². The van der Waals surface area contributed by atoms with Gasteiger partial charge >= 0.3 is 0 Å². The largest absolute Gasteiger partial charge is 0.493 e. The van der Waals surface area contributed by atoms with Crippen LogP contribution >= 0.6 is 50.7 Å². The highest BCUT2D eigenvalue weighted by Gasteiger charge is 2.34. The number of benzene rings is 2. The Morgan fingerprint density at radius 1 is 1.27 bits per heavy atom. The van der Waals surface area contributed by atoms with E-state index < -0.39 is 11.8 Å². The summed E-state index contributed by atoms with van der Waals surface area (Å²) in [5.41, 5.74) is 1.13. The molecule has 0 radical (unpaired) electrons. The zero-order chi connectivity index (χ0) is 21.8. The molecule has 1 aliphatic rings. The van der Waals surface area contributed by atoms with Crippen molar-refractivity contribution in [3.63, 3.8) is 0 Å². The number of ether oxygens (including phenoxy) is 2. The van der Waals surface area contributed by atoms with Crippen LogP contribution in [0, 0.1) is 3.57 Å². The Labute approximate surface area is 201 Å². The van der Waals surface area contributed by atoms with Crippen molar-refractivity contribution in [2.75, 3.05) is 18.6 Å². The quantitative estimate of drug-likeness (QED) is 0.175. The SMILES string of the molecule is C=CCOc1c(I)cc(/C=C2/C(=O)NC(=S)N(c3ccc(Br)cc3)C2=O)cc1OC. The van der Waals surface area contributed by atoms with E-state index >= 15 is 0 Å². The average molecular weight is 599 g/mol. The fraction of sp³-hybridized carbons (Fsp3) is 0.0952. The van der Waals surface area contributed by atoms with Gasteiger partial charge in [-0.05, 0) is 82.8 Å². The smallest absolute Gasteiger partial charge is 0.270 e. The van der Waals surface area contributed by atoms with Crippen LogP contribution in [0.3, 0.4) is 0 Å². The van der Waals surface area contributed by atoms with Gasteiger partial charge in [-0.1, -0.05) is 28.6 Å². The highest BCUT2D eigenvalue weighted by molar-refractivity contribution is 14.1. The molecular formula is C21H16BrIN2O4S. The molecular weight excluding hydrogens is 583 g/mol. The second kappa shape index (κ2) is 9.71. The van der Waals surface area contributed by atoms with Crippen LogP contribution in [0.4, 0.5) is 5.69 Å². The second-order valence-corrected chi connectivity index (χ2v) is 8.53. The van der Waals surface area contributed by atoms with E-state index in [9.17, 15) is 9.59 Å². The monoisotopic (exact) mass is 598 g/mol. The van der Waals surface area contributed by atoms with Crippen molar-refractivity contribution >= 4 is 79.4 Å². The Hall–Kier alpha value is -2.24. The number of hydrogen-bond donors (Lipinski definition) is 1. The van der Waals surface area contributed by atoms with Crippen molar-refractivity contribution in [2.24, 2.45) is 0 Å². The maximum Gasteiger partial charge on any atom is 0.270 e. The van der Waals surface area contributed by atoms with Crippen molar-refractivity contribution in [3.8, 4) is 11.5 Å². The molecule has 0 aliphatic carbocycles. The number of methoxy groups -OCH3 is 1. The Bertz CT molecular complexity index is 1070. The molecule has 0 aromatic heterocycles. The molecule has 1 N–H and O–H groups in total. The number of carbonyl (C=O) groups is 2. The molecule has 1 saturated heterocycles. The third-order valence-corrected chi connectivity index (χ3v) is 5.71. The summed E-state index contributed by atoms with van der Waals surface area (Å²) in [6.45, 7) is 3.96. The summed E-state index contributed by atoms with van der Waals surface area (Å²) in [6.07, 6.45) is 3.14. The fourth-order valence-corrected chi connectivity index (χ4v) is 4.08. The lowest BCUT2D eigenvalue weighted by molar-refractivity contribution is -0.122. The minimum Gasteiger partial charge on any atom is -0.493 e. The van der Waals surface area contributed by atoms with Gasteiger partial charge in [-0.3, -0.25) is 19.8 Å². The molecule has 3 rings (SSSR count). The van der Waals surface area contributed by atoms with Gasteiger partial charge in [-0.2, -0.15) is 0 Å². The van der Waals surface area contributed by atoms with Gasteiger partial charge in [-0.15, -0.1) is 0 Å². The third-order valence-electron chi connectivity index (χ3n) is 4.09. The van der Waals surface area contributed by atoms with Crippen LogP contribution in [0.25, 0.3) is 6.08 Å². The van der Waals surface area contributed by atoms with Gasteiger partial charge in [-0.25, -0.2) is 0 Å². The summed E-state index contributed by atoms with van der Waals surface area (Å²) in [6, 6.07) is 10.6. The molecule has 0 saturated carbocycles. The summed E-state index contributed by atoms with van der Waals surface area (Å²) >= 11 is 10.7. The van der Waals surface area contributed by atoms with Gasteiger partial charge in [0, 0.05) is 4.47 Å². The van der Waals surface area contributed by atoms with Crippen molar-refractivity contribution in [1.29, 1.82) is 0 Å². The zero-order valence-electron chi connectivity index (χ0n) is 15.8. The van der Waals surface area contributed by atoms with Crippen LogP contribution in [-0.2, 0) is 9.59 Å². The predicted octanol–water partition coefficient (Wildman–Crippen LogP) is 4.46. The van der Waals surface area contributed by atoms with Crippen molar-refractivity contribution < 1.29 is 19.1 Å². The van der Waals surface area contributed by atoms with E-state index in [0.717, 1.165) is 8.04 Å². The van der Waals surface area contributed by atoms with E-state index in [4.69, 9.17) is 21.7 Å². The van der Waals surface area contributed by atoms with Crippen molar-refractivity contribution in [1.82, 2.24) is 5.32 Å². The molecule has 0 spiro atoms. The van der Waals surface area contributed by atoms with Crippen LogP contribution in [0.5, 0.6) is 11.5 Å². The molecule has 9 heteroatoms. The van der Waals surface area contributed by atoms with E-state index in [1.54, 1.807) is 42.5 Å². The standard InChI is InChI=1S/C21H16BrIN2O4S/c1-3-8-29-18-16(23)10-12(11-17(18)28-2)9-15-19(26)24-21(30)25(20(15)27)14-6-4-13(22)5-7-14/h3-7,9-11H,1,8H2,2H3,(H,24,26,30)/b15-9-. The highest BCUT2D eigenvalue weighted by atomic mass is 127. The van der Waals surface area contributed by atoms with Crippen LogP contribution < -0.4 is 19.7 Å². The molecule has 154 valence electrons. The summed E-state index contributed by atoms with van der Waals surface area (Å²) in [7, 11) is 1.52. The van der Waals surface area contributed by atoms with E-state index in [0.29, 0.717) is 29.4 Å². The average Bonchev–Trinajstić information content (AvgIpc) is 2.71. The lowest BCUT2D eigenvalue weighted by Crippen LogP contribution is -2.54. The Morgan fingerprint density at radius 3 is 2.60 bits per heavy atom. The third kappa shape index (κ3) is 4.73. The Morgan fingerprint density at radius 2 is 1.97 bits per heavy atom. The van der Waals surface area contributed by atoms with Crippen molar-refractivity contribution in [2.45, 2.75) is 0 Å². The first-order valence-electron chi connectivity index (χ1n) is 8.64. The molecule has 6 nitrogen and oxygen atoms in total. The van der Waals surface area contributed by atoms with Crippen LogP contribution in [-0.4, -0.2) is 30.6 Å². The lowest BCUT2D eigenvalue weighted by Gasteiger charge is -2.29.